The van der Waals surface area contributed by atoms with E-state index < -0.39 is 0 Å². The van der Waals surface area contributed by atoms with Gasteiger partial charge in [0.25, 0.3) is 0 Å². The second-order valence-corrected chi connectivity index (χ2v) is 10.2. The maximum absolute atomic E-state index is 11.0. The van der Waals surface area contributed by atoms with Gasteiger partial charge in [-0.15, -0.1) is 11.3 Å². The number of hydrogen-bond acceptors (Lipinski definition) is 2. The highest BCUT2D eigenvalue weighted by molar-refractivity contribution is 9.13. The summed E-state index contributed by atoms with van der Waals surface area (Å²) in [6, 6.07) is 2.11. The molecular formula is C15H18Br2OS. The van der Waals surface area contributed by atoms with Crippen molar-refractivity contribution >= 4 is 43.2 Å². The van der Waals surface area contributed by atoms with Gasteiger partial charge in [0.05, 0.1) is 9.89 Å². The van der Waals surface area contributed by atoms with Gasteiger partial charge in [-0.1, -0.05) is 0 Å². The lowest BCUT2D eigenvalue weighted by atomic mass is 9.48. The summed E-state index contributed by atoms with van der Waals surface area (Å²) in [4.78, 5) is 1.14. The van der Waals surface area contributed by atoms with E-state index in [-0.39, 0.29) is 11.5 Å². The molecule has 104 valence electrons. The lowest BCUT2D eigenvalue weighted by Gasteiger charge is -2.58. The zero-order valence-corrected chi connectivity index (χ0v) is 14.7. The van der Waals surface area contributed by atoms with Crippen molar-refractivity contribution in [2.24, 2.45) is 23.2 Å². The summed E-state index contributed by atoms with van der Waals surface area (Å²) in [5.74, 6) is 2.69. The van der Waals surface area contributed by atoms with Gasteiger partial charge in [0.2, 0.25) is 0 Å². The van der Waals surface area contributed by atoms with Gasteiger partial charge >= 0.3 is 0 Å². The Hall–Kier alpha value is 0.620. The Balaban J connectivity index is 1.67. The van der Waals surface area contributed by atoms with Crippen molar-refractivity contribution < 1.29 is 5.11 Å². The van der Waals surface area contributed by atoms with Crippen LogP contribution in [0.2, 0.25) is 0 Å². The summed E-state index contributed by atoms with van der Waals surface area (Å²) in [6.45, 7) is 0. The molecule has 4 heteroatoms. The van der Waals surface area contributed by atoms with E-state index in [9.17, 15) is 5.11 Å². The van der Waals surface area contributed by atoms with Crippen LogP contribution in [0, 0.1) is 23.2 Å². The zero-order valence-electron chi connectivity index (χ0n) is 10.7. The van der Waals surface area contributed by atoms with E-state index in [1.54, 1.807) is 11.3 Å². The largest absolute Gasteiger partial charge is 0.387 e. The van der Waals surface area contributed by atoms with Gasteiger partial charge < -0.3 is 5.11 Å². The van der Waals surface area contributed by atoms with Gasteiger partial charge in [-0.3, -0.25) is 0 Å². The molecule has 1 N–H and O–H groups in total. The van der Waals surface area contributed by atoms with Gasteiger partial charge in [-0.25, -0.2) is 0 Å². The average Bonchev–Trinajstić information content (AvgIpc) is 2.67. The molecule has 0 aromatic carbocycles. The molecular weight excluding hydrogens is 388 g/mol. The Bertz CT molecular complexity index is 455. The van der Waals surface area contributed by atoms with Crippen molar-refractivity contribution in [3.63, 3.8) is 0 Å². The predicted octanol–water partition coefficient (Wildman–Crippen LogP) is 5.52. The number of rotatable bonds is 2. The Morgan fingerprint density at radius 2 is 1.63 bits per heavy atom. The van der Waals surface area contributed by atoms with Crippen molar-refractivity contribution in [3.8, 4) is 0 Å². The van der Waals surface area contributed by atoms with Gasteiger partial charge in [0.15, 0.2) is 0 Å². The van der Waals surface area contributed by atoms with Crippen molar-refractivity contribution in [3.05, 3.63) is 19.2 Å². The second kappa shape index (κ2) is 4.56. The molecule has 4 aliphatic rings. The molecule has 0 aliphatic heterocycles. The van der Waals surface area contributed by atoms with E-state index in [4.69, 9.17) is 0 Å². The molecule has 0 spiro atoms. The fourth-order valence-corrected chi connectivity index (χ4v) is 7.53. The zero-order chi connectivity index (χ0) is 13.2. The van der Waals surface area contributed by atoms with Gasteiger partial charge in [0.1, 0.15) is 0 Å². The first-order valence-electron chi connectivity index (χ1n) is 7.18. The van der Waals surface area contributed by atoms with E-state index >= 15 is 0 Å². The summed E-state index contributed by atoms with van der Waals surface area (Å²) in [6.07, 6.45) is 7.82. The smallest absolute Gasteiger partial charge is 0.0939 e. The minimum atomic E-state index is -0.256. The Kier molecular flexibility index (Phi) is 3.19. The number of aliphatic hydroxyl groups excluding tert-OH is 1. The van der Waals surface area contributed by atoms with Crippen molar-refractivity contribution in [1.29, 1.82) is 0 Å². The van der Waals surface area contributed by atoms with Crippen LogP contribution < -0.4 is 0 Å². The van der Waals surface area contributed by atoms with Crippen LogP contribution in [-0.4, -0.2) is 5.11 Å². The fourth-order valence-electron chi connectivity index (χ4n) is 5.31. The van der Waals surface area contributed by atoms with Crippen LogP contribution in [0.15, 0.2) is 14.3 Å². The molecule has 1 unspecified atom stereocenters. The minimum absolute atomic E-state index is 0.193. The molecule has 1 heterocycles. The standard InChI is InChI=1S/C15H18Br2OS/c16-11-4-12(19-14(11)17)13(18)15-5-8-1-9(6-15)3-10(2-8)7-15/h4,8-10,13,18H,1-3,5-7H2. The van der Waals surface area contributed by atoms with Gasteiger partial charge in [-0.2, -0.15) is 0 Å². The molecule has 0 amide bonds. The molecule has 1 aromatic rings. The van der Waals surface area contributed by atoms with Crippen LogP contribution in [0.5, 0.6) is 0 Å². The van der Waals surface area contributed by atoms with Crippen LogP contribution in [0.3, 0.4) is 0 Å². The summed E-state index contributed by atoms with van der Waals surface area (Å²) < 4.78 is 2.18. The average molecular weight is 406 g/mol. The molecule has 4 aliphatic carbocycles. The summed E-state index contributed by atoms with van der Waals surface area (Å²) in [5.41, 5.74) is 0.193. The van der Waals surface area contributed by atoms with Crippen LogP contribution in [0.1, 0.15) is 49.5 Å². The highest BCUT2D eigenvalue weighted by atomic mass is 79.9. The highest BCUT2D eigenvalue weighted by Gasteiger charge is 2.54. The van der Waals surface area contributed by atoms with Crippen molar-refractivity contribution in [2.45, 2.75) is 44.6 Å². The SMILES string of the molecule is OC(c1cc(Br)c(Br)s1)C12CC3CC(CC(C3)C1)C2. The Labute approximate surface area is 135 Å². The van der Waals surface area contributed by atoms with E-state index in [0.717, 1.165) is 30.9 Å². The first kappa shape index (κ1) is 13.3. The number of hydrogen-bond donors (Lipinski definition) is 1. The highest BCUT2D eigenvalue weighted by Crippen LogP contribution is 2.64. The third kappa shape index (κ3) is 2.09. The normalized spacial score (nSPS) is 41.7. The van der Waals surface area contributed by atoms with E-state index in [0.29, 0.717) is 0 Å². The fraction of sp³-hybridized carbons (Fsp3) is 0.733. The minimum Gasteiger partial charge on any atom is -0.387 e. The Morgan fingerprint density at radius 1 is 1.11 bits per heavy atom. The summed E-state index contributed by atoms with van der Waals surface area (Å²) in [5, 5.41) is 11.0. The number of aliphatic hydroxyl groups is 1. The summed E-state index contributed by atoms with van der Waals surface area (Å²) >= 11 is 8.79. The quantitative estimate of drug-likeness (QED) is 0.686. The third-order valence-corrected chi connectivity index (χ3v) is 8.91. The maximum atomic E-state index is 11.0. The molecule has 1 nitrogen and oxygen atoms in total. The van der Waals surface area contributed by atoms with Crippen LogP contribution in [0.25, 0.3) is 0 Å². The van der Waals surface area contributed by atoms with Crippen molar-refractivity contribution in [1.82, 2.24) is 0 Å². The first-order valence-corrected chi connectivity index (χ1v) is 9.59. The van der Waals surface area contributed by atoms with Gasteiger partial charge in [0, 0.05) is 14.8 Å². The van der Waals surface area contributed by atoms with E-state index in [1.165, 1.54) is 38.5 Å². The molecule has 4 saturated carbocycles. The second-order valence-electron chi connectivity index (χ2n) is 6.95. The molecule has 1 atom stereocenters. The topological polar surface area (TPSA) is 20.2 Å². The first-order chi connectivity index (χ1) is 9.06. The Morgan fingerprint density at radius 3 is 2.05 bits per heavy atom. The maximum Gasteiger partial charge on any atom is 0.0939 e. The monoisotopic (exact) mass is 404 g/mol. The molecule has 4 fully saturated rings. The molecule has 19 heavy (non-hydrogen) atoms. The number of halogens is 2. The predicted molar refractivity (Wildman–Crippen MR) is 85.3 cm³/mol. The van der Waals surface area contributed by atoms with Crippen LogP contribution in [-0.2, 0) is 0 Å². The van der Waals surface area contributed by atoms with Gasteiger partial charge in [-0.05, 0) is 94.2 Å². The van der Waals surface area contributed by atoms with Crippen LogP contribution in [0.4, 0.5) is 0 Å². The molecule has 0 saturated heterocycles. The van der Waals surface area contributed by atoms with Crippen LogP contribution >= 0.6 is 43.2 Å². The number of thiophene rings is 1. The molecule has 4 bridgehead atoms. The summed E-state index contributed by atoms with van der Waals surface area (Å²) in [7, 11) is 0. The van der Waals surface area contributed by atoms with E-state index in [1.807, 2.05) is 0 Å². The lowest BCUT2D eigenvalue weighted by molar-refractivity contribution is -0.121. The third-order valence-electron chi connectivity index (χ3n) is 5.60. The molecule has 5 rings (SSSR count). The lowest BCUT2D eigenvalue weighted by Crippen LogP contribution is -2.48. The van der Waals surface area contributed by atoms with Crippen molar-refractivity contribution in [2.75, 3.05) is 0 Å². The molecule has 1 aromatic heterocycles. The van der Waals surface area contributed by atoms with E-state index in [2.05, 4.69) is 37.9 Å². The molecule has 0 radical (unpaired) electrons.